The van der Waals surface area contributed by atoms with Crippen molar-refractivity contribution in [2.75, 3.05) is 6.61 Å². The number of alkyl halides is 3. The van der Waals surface area contributed by atoms with E-state index in [0.29, 0.717) is 18.7 Å². The zero-order valence-corrected chi connectivity index (χ0v) is 12.1. The van der Waals surface area contributed by atoms with Crippen LogP contribution in [0.5, 0.6) is 0 Å². The zero-order valence-electron chi connectivity index (χ0n) is 12.1. The van der Waals surface area contributed by atoms with Crippen molar-refractivity contribution in [3.63, 3.8) is 0 Å². The molecule has 2 heterocycles. The van der Waals surface area contributed by atoms with Gasteiger partial charge in [-0.25, -0.2) is 4.79 Å². The Balaban J connectivity index is 1.97. The first-order valence-electron chi connectivity index (χ1n) is 6.67. The number of alkyl carbamates (subject to hydrolysis) is 1. The molecule has 0 saturated heterocycles. The lowest BCUT2D eigenvalue weighted by atomic mass is 10.2. The van der Waals surface area contributed by atoms with E-state index < -0.39 is 18.2 Å². The summed E-state index contributed by atoms with van der Waals surface area (Å²) < 4.78 is 46.1. The highest BCUT2D eigenvalue weighted by Gasteiger charge is 2.38. The number of rotatable bonds is 5. The fraction of sp³-hybridized carbons (Fsp3) is 0.385. The van der Waals surface area contributed by atoms with Gasteiger partial charge in [0.2, 0.25) is 5.82 Å². The third kappa shape index (κ3) is 4.66. The van der Waals surface area contributed by atoms with Crippen molar-refractivity contribution in [3.05, 3.63) is 29.9 Å². The fourth-order valence-corrected chi connectivity index (χ4v) is 1.53. The van der Waals surface area contributed by atoms with E-state index in [1.807, 2.05) is 6.92 Å². The largest absolute Gasteiger partial charge is 0.471 e. The molecule has 2 aromatic heterocycles. The minimum atomic E-state index is -4.69. The molecule has 1 amide bonds. The number of hydrogen-bond acceptors (Lipinski definition) is 6. The molecule has 0 fully saturated rings. The second kappa shape index (κ2) is 7.07. The number of carbonyl (C=O) groups is 1. The Bertz CT molecular complexity index is 655. The van der Waals surface area contributed by atoms with E-state index >= 15 is 0 Å². The SMILES string of the molecule is CCCOC(=O)NCc1ccc(-c2noc(C(F)(F)F)n2)cn1. The van der Waals surface area contributed by atoms with Crippen LogP contribution < -0.4 is 5.32 Å². The Hall–Kier alpha value is -2.65. The van der Waals surface area contributed by atoms with Gasteiger partial charge in [0.25, 0.3) is 0 Å². The molecule has 0 unspecified atom stereocenters. The summed E-state index contributed by atoms with van der Waals surface area (Å²) in [5, 5.41) is 5.75. The molecule has 1 N–H and O–H groups in total. The number of hydrogen-bond donors (Lipinski definition) is 1. The van der Waals surface area contributed by atoms with Crippen LogP contribution in [0.1, 0.15) is 24.9 Å². The van der Waals surface area contributed by atoms with Crippen LogP contribution >= 0.6 is 0 Å². The second-order valence-electron chi connectivity index (χ2n) is 4.45. The van der Waals surface area contributed by atoms with Crippen molar-refractivity contribution < 1.29 is 27.2 Å². The maximum Gasteiger partial charge on any atom is 0.471 e. The van der Waals surface area contributed by atoms with E-state index in [0.717, 1.165) is 0 Å². The Labute approximate surface area is 128 Å². The van der Waals surface area contributed by atoms with Gasteiger partial charge < -0.3 is 14.6 Å². The van der Waals surface area contributed by atoms with Crippen LogP contribution in [0.4, 0.5) is 18.0 Å². The first kappa shape index (κ1) is 16.7. The quantitative estimate of drug-likeness (QED) is 0.906. The highest BCUT2D eigenvalue weighted by Crippen LogP contribution is 2.29. The molecule has 0 aromatic carbocycles. The molecule has 0 aliphatic heterocycles. The highest BCUT2D eigenvalue weighted by molar-refractivity contribution is 5.67. The van der Waals surface area contributed by atoms with E-state index in [-0.39, 0.29) is 17.9 Å². The molecule has 0 bridgehead atoms. The van der Waals surface area contributed by atoms with Gasteiger partial charge in [-0.05, 0) is 18.6 Å². The van der Waals surface area contributed by atoms with Crippen LogP contribution in [0, 0.1) is 0 Å². The topological polar surface area (TPSA) is 90.1 Å². The van der Waals surface area contributed by atoms with Crippen LogP contribution in [-0.4, -0.2) is 27.8 Å². The van der Waals surface area contributed by atoms with E-state index in [1.54, 1.807) is 0 Å². The lowest BCUT2D eigenvalue weighted by molar-refractivity contribution is -0.159. The van der Waals surface area contributed by atoms with Crippen molar-refractivity contribution in [2.45, 2.75) is 26.1 Å². The molecule has 0 spiro atoms. The maximum absolute atomic E-state index is 12.4. The monoisotopic (exact) mass is 330 g/mol. The summed E-state index contributed by atoms with van der Waals surface area (Å²) in [6.07, 6.45) is -3.25. The van der Waals surface area contributed by atoms with Gasteiger partial charge in [-0.2, -0.15) is 18.2 Å². The van der Waals surface area contributed by atoms with Gasteiger partial charge in [0, 0.05) is 11.8 Å². The molecular weight excluding hydrogens is 317 g/mol. The maximum atomic E-state index is 12.4. The molecule has 7 nitrogen and oxygen atoms in total. The van der Waals surface area contributed by atoms with Crippen molar-refractivity contribution in [2.24, 2.45) is 0 Å². The van der Waals surface area contributed by atoms with Gasteiger partial charge in [-0.15, -0.1) is 0 Å². The van der Waals surface area contributed by atoms with Gasteiger partial charge in [-0.1, -0.05) is 12.1 Å². The summed E-state index contributed by atoms with van der Waals surface area (Å²) in [7, 11) is 0. The predicted octanol–water partition coefficient (Wildman–Crippen LogP) is 2.79. The smallest absolute Gasteiger partial charge is 0.450 e. The van der Waals surface area contributed by atoms with Gasteiger partial charge in [0.05, 0.1) is 18.8 Å². The summed E-state index contributed by atoms with van der Waals surface area (Å²) in [6.45, 7) is 2.32. The summed E-state index contributed by atoms with van der Waals surface area (Å²) in [4.78, 5) is 18.5. The van der Waals surface area contributed by atoms with Crippen LogP contribution in [0.2, 0.25) is 0 Å². The molecule has 0 radical (unpaired) electrons. The summed E-state index contributed by atoms with van der Waals surface area (Å²) in [5.41, 5.74) is 0.767. The van der Waals surface area contributed by atoms with Crippen molar-refractivity contribution in [3.8, 4) is 11.4 Å². The zero-order chi connectivity index (χ0) is 16.9. The van der Waals surface area contributed by atoms with Crippen LogP contribution in [-0.2, 0) is 17.5 Å². The second-order valence-corrected chi connectivity index (χ2v) is 4.45. The first-order chi connectivity index (χ1) is 10.9. The Morgan fingerprint density at radius 2 is 2.17 bits per heavy atom. The molecule has 0 atom stereocenters. The number of carbonyl (C=O) groups excluding carboxylic acids is 1. The molecule has 2 aromatic rings. The van der Waals surface area contributed by atoms with Gasteiger partial charge in [0.1, 0.15) is 0 Å². The van der Waals surface area contributed by atoms with E-state index in [4.69, 9.17) is 4.74 Å². The lowest BCUT2D eigenvalue weighted by Gasteiger charge is -2.05. The third-order valence-corrected chi connectivity index (χ3v) is 2.60. The normalized spacial score (nSPS) is 11.3. The minimum Gasteiger partial charge on any atom is -0.450 e. The summed E-state index contributed by atoms with van der Waals surface area (Å²) in [5.74, 6) is -1.64. The molecule has 23 heavy (non-hydrogen) atoms. The summed E-state index contributed by atoms with van der Waals surface area (Å²) >= 11 is 0. The Morgan fingerprint density at radius 1 is 1.39 bits per heavy atom. The van der Waals surface area contributed by atoms with Crippen LogP contribution in [0.3, 0.4) is 0 Å². The average Bonchev–Trinajstić information content (AvgIpc) is 3.01. The van der Waals surface area contributed by atoms with Gasteiger partial charge in [0.15, 0.2) is 0 Å². The Kier molecular flexibility index (Phi) is 5.14. The number of pyridine rings is 1. The van der Waals surface area contributed by atoms with Crippen molar-refractivity contribution in [1.29, 1.82) is 0 Å². The molecule has 2 rings (SSSR count). The number of amides is 1. The molecule has 0 saturated carbocycles. The molecular formula is C13H13F3N4O3. The number of nitrogens with zero attached hydrogens (tertiary/aromatic N) is 3. The van der Waals surface area contributed by atoms with Crippen LogP contribution in [0.25, 0.3) is 11.4 Å². The molecule has 0 aliphatic carbocycles. The predicted molar refractivity (Wildman–Crippen MR) is 71.0 cm³/mol. The standard InChI is InChI=1S/C13H13F3N4O3/c1-2-5-22-12(21)18-7-9-4-3-8(6-17-9)10-19-11(23-20-10)13(14,15)16/h3-4,6H,2,5,7H2,1H3,(H,18,21). The number of halogens is 3. The van der Waals surface area contributed by atoms with Crippen molar-refractivity contribution in [1.82, 2.24) is 20.4 Å². The lowest BCUT2D eigenvalue weighted by Crippen LogP contribution is -2.24. The van der Waals surface area contributed by atoms with E-state index in [1.165, 1.54) is 18.3 Å². The Morgan fingerprint density at radius 3 is 2.74 bits per heavy atom. The van der Waals surface area contributed by atoms with Gasteiger partial charge in [-0.3, -0.25) is 4.98 Å². The van der Waals surface area contributed by atoms with Crippen molar-refractivity contribution >= 4 is 6.09 Å². The third-order valence-electron chi connectivity index (χ3n) is 2.60. The summed E-state index contributed by atoms with van der Waals surface area (Å²) in [6, 6.07) is 3.01. The minimum absolute atomic E-state index is 0.128. The average molecular weight is 330 g/mol. The van der Waals surface area contributed by atoms with Gasteiger partial charge >= 0.3 is 18.2 Å². The fourth-order valence-electron chi connectivity index (χ4n) is 1.53. The molecule has 10 heteroatoms. The van der Waals surface area contributed by atoms with E-state index in [2.05, 4.69) is 25.0 Å². The van der Waals surface area contributed by atoms with E-state index in [9.17, 15) is 18.0 Å². The highest BCUT2D eigenvalue weighted by atomic mass is 19.4. The molecule has 0 aliphatic rings. The van der Waals surface area contributed by atoms with Crippen LogP contribution in [0.15, 0.2) is 22.9 Å². The number of aromatic nitrogens is 3. The number of ether oxygens (including phenoxy) is 1. The molecule has 124 valence electrons. The first-order valence-corrected chi connectivity index (χ1v) is 6.67. The number of nitrogens with one attached hydrogen (secondary N) is 1.